The van der Waals surface area contributed by atoms with Gasteiger partial charge in [-0.2, -0.15) is 0 Å². The first kappa shape index (κ1) is 19.2. The molecule has 2 heterocycles. The van der Waals surface area contributed by atoms with Crippen molar-refractivity contribution < 1.29 is 18.7 Å². The third-order valence-corrected chi connectivity index (χ3v) is 4.08. The van der Waals surface area contributed by atoms with Crippen LogP contribution in [0.5, 0.6) is 0 Å². The van der Waals surface area contributed by atoms with Crippen LogP contribution < -0.4 is 11.3 Å². The summed E-state index contributed by atoms with van der Waals surface area (Å²) in [5.74, 6) is -3.50. The number of carbonyl (C=O) groups is 1. The van der Waals surface area contributed by atoms with Crippen LogP contribution >= 0.6 is 0 Å². The second-order valence-electron chi connectivity index (χ2n) is 6.34. The molecule has 0 saturated heterocycles. The Labute approximate surface area is 158 Å². The second-order valence-corrected chi connectivity index (χ2v) is 6.34. The number of nitrogens with zero attached hydrogens (tertiary/aromatic N) is 3. The van der Waals surface area contributed by atoms with Crippen LogP contribution in [0, 0.1) is 11.6 Å². The second kappa shape index (κ2) is 7.18. The van der Waals surface area contributed by atoms with Crippen molar-refractivity contribution in [1.29, 1.82) is 0 Å². The number of carboxylic acids is 1. The summed E-state index contributed by atoms with van der Waals surface area (Å²) in [4.78, 5) is 31.5. The van der Waals surface area contributed by atoms with Gasteiger partial charge in [-0.25, -0.2) is 23.5 Å². The molecule has 0 spiro atoms. The number of carboxylic acid groups (broad SMARTS) is 1. The molecule has 0 aliphatic carbocycles. The fourth-order valence-corrected chi connectivity index (χ4v) is 2.72. The van der Waals surface area contributed by atoms with E-state index in [1.165, 1.54) is 22.9 Å². The fourth-order valence-electron chi connectivity index (χ4n) is 2.72. The van der Waals surface area contributed by atoms with Gasteiger partial charge in [-0.1, -0.05) is 0 Å². The molecular weight excluding hydrogens is 370 g/mol. The average molecular weight is 386 g/mol. The molecule has 3 N–H and O–H groups in total. The molecule has 2 aromatic heterocycles. The van der Waals surface area contributed by atoms with E-state index in [9.17, 15) is 23.5 Å². The zero-order valence-corrected chi connectivity index (χ0v) is 15.0. The van der Waals surface area contributed by atoms with Crippen LogP contribution in [0.1, 0.15) is 30.4 Å². The molecule has 0 atom stereocenters. The van der Waals surface area contributed by atoms with E-state index >= 15 is 0 Å². The van der Waals surface area contributed by atoms with Crippen molar-refractivity contribution in [3.63, 3.8) is 0 Å². The van der Waals surface area contributed by atoms with Crippen molar-refractivity contribution in [2.24, 2.45) is 0 Å². The number of halogens is 2. The Hall–Kier alpha value is -3.62. The number of nitrogens with two attached hydrogens (primary N) is 1. The van der Waals surface area contributed by atoms with Gasteiger partial charge < -0.3 is 15.4 Å². The van der Waals surface area contributed by atoms with E-state index < -0.39 is 29.1 Å². The number of nitrogen functional groups attached to an aromatic ring is 1. The predicted octanol–water partition coefficient (Wildman–Crippen LogP) is 3.11. The fraction of sp³-hybridized carbons (Fsp3) is 0.158. The molecule has 9 heteroatoms. The first-order chi connectivity index (χ1) is 13.2. The van der Waals surface area contributed by atoms with Gasteiger partial charge in [0.05, 0.1) is 5.69 Å². The molecule has 3 rings (SSSR count). The van der Waals surface area contributed by atoms with Crippen LogP contribution in [-0.2, 0) is 0 Å². The Kier molecular flexibility index (Phi) is 4.91. The van der Waals surface area contributed by atoms with Crippen LogP contribution in [0.4, 0.5) is 14.6 Å². The summed E-state index contributed by atoms with van der Waals surface area (Å²) in [5, 5.41) is 9.32. The molecule has 0 fully saturated rings. The Morgan fingerprint density at radius 3 is 2.46 bits per heavy atom. The smallest absolute Gasteiger partial charge is 0.358 e. The number of hydrogen-bond donors (Lipinski definition) is 2. The zero-order valence-electron chi connectivity index (χ0n) is 15.0. The number of anilines is 1. The normalized spacial score (nSPS) is 11.0. The lowest BCUT2D eigenvalue weighted by Crippen LogP contribution is -2.20. The number of pyridine rings is 1. The molecule has 144 valence electrons. The van der Waals surface area contributed by atoms with Crippen LogP contribution in [0.25, 0.3) is 22.5 Å². The molecule has 28 heavy (non-hydrogen) atoms. The molecule has 1 aromatic carbocycles. The minimum absolute atomic E-state index is 0.00603. The van der Waals surface area contributed by atoms with E-state index in [1.54, 1.807) is 13.8 Å². The Morgan fingerprint density at radius 1 is 1.14 bits per heavy atom. The third kappa shape index (κ3) is 3.46. The van der Waals surface area contributed by atoms with E-state index in [1.807, 2.05) is 0 Å². The van der Waals surface area contributed by atoms with Crippen molar-refractivity contribution in [1.82, 2.24) is 14.5 Å². The topological polar surface area (TPSA) is 111 Å². The maximum atomic E-state index is 14.4. The van der Waals surface area contributed by atoms with Gasteiger partial charge in [0.15, 0.2) is 11.5 Å². The molecule has 0 unspecified atom stereocenters. The first-order valence-electron chi connectivity index (χ1n) is 8.28. The summed E-state index contributed by atoms with van der Waals surface area (Å²) >= 11 is 0. The van der Waals surface area contributed by atoms with Crippen LogP contribution in [0.15, 0.2) is 41.3 Å². The van der Waals surface area contributed by atoms with Gasteiger partial charge in [0.25, 0.3) is 5.56 Å². The van der Waals surface area contributed by atoms with Gasteiger partial charge >= 0.3 is 5.97 Å². The van der Waals surface area contributed by atoms with E-state index in [0.29, 0.717) is 11.6 Å². The van der Waals surface area contributed by atoms with Gasteiger partial charge in [0, 0.05) is 35.5 Å². The monoisotopic (exact) mass is 386 g/mol. The average Bonchev–Trinajstić information content (AvgIpc) is 2.61. The van der Waals surface area contributed by atoms with Crippen LogP contribution in [-0.4, -0.2) is 25.6 Å². The quantitative estimate of drug-likeness (QED) is 0.713. The van der Waals surface area contributed by atoms with Crippen molar-refractivity contribution in [2.75, 3.05) is 5.73 Å². The van der Waals surface area contributed by atoms with Gasteiger partial charge in [0.1, 0.15) is 17.3 Å². The van der Waals surface area contributed by atoms with Gasteiger partial charge in [-0.3, -0.25) is 4.79 Å². The zero-order chi connectivity index (χ0) is 20.6. The molecule has 0 aliphatic heterocycles. The largest absolute Gasteiger partial charge is 0.476 e. The summed E-state index contributed by atoms with van der Waals surface area (Å²) in [6, 6.07) is 5.42. The maximum absolute atomic E-state index is 14.4. The number of aromatic nitrogens is 3. The molecule has 0 amide bonds. The summed E-state index contributed by atoms with van der Waals surface area (Å²) in [5.41, 5.74) is 5.08. The lowest BCUT2D eigenvalue weighted by atomic mass is 10.0. The minimum atomic E-state index is -1.41. The predicted molar refractivity (Wildman–Crippen MR) is 98.8 cm³/mol. The molecule has 3 aromatic rings. The summed E-state index contributed by atoms with van der Waals surface area (Å²) < 4.78 is 29.1. The summed E-state index contributed by atoms with van der Waals surface area (Å²) in [6.07, 6.45) is 1.48. The molecule has 7 nitrogen and oxygen atoms in total. The number of aromatic carboxylic acids is 1. The van der Waals surface area contributed by atoms with Crippen molar-refractivity contribution >= 4 is 11.8 Å². The summed E-state index contributed by atoms with van der Waals surface area (Å²) in [7, 11) is 0. The number of benzene rings is 1. The van der Waals surface area contributed by atoms with E-state index in [-0.39, 0.29) is 28.6 Å². The first-order valence-corrected chi connectivity index (χ1v) is 8.28. The van der Waals surface area contributed by atoms with Crippen LogP contribution in [0.2, 0.25) is 0 Å². The van der Waals surface area contributed by atoms with Crippen LogP contribution in [0.3, 0.4) is 0 Å². The highest BCUT2D eigenvalue weighted by Gasteiger charge is 2.22. The highest BCUT2D eigenvalue weighted by atomic mass is 19.1. The molecule has 0 radical (unpaired) electrons. The van der Waals surface area contributed by atoms with Gasteiger partial charge in [-0.15, -0.1) is 0 Å². The van der Waals surface area contributed by atoms with Gasteiger partial charge in [0.2, 0.25) is 0 Å². The van der Waals surface area contributed by atoms with Gasteiger partial charge in [-0.05, 0) is 32.0 Å². The highest BCUT2D eigenvalue weighted by Crippen LogP contribution is 2.32. The standard InChI is InChI=1S/C19H16F2N4O3/c1-9(2)25-8-10(3-6-14(25)26)15-16(12-5-4-11(20)7-13(12)21)24-18(22)17(23-15)19(27)28/h3-9H,1-2H3,(H2,22,24)(H,27,28). The van der Waals surface area contributed by atoms with E-state index in [2.05, 4.69) is 9.97 Å². The molecule has 0 saturated carbocycles. The lowest BCUT2D eigenvalue weighted by Gasteiger charge is -2.15. The Bertz CT molecular complexity index is 1140. The maximum Gasteiger partial charge on any atom is 0.358 e. The van der Waals surface area contributed by atoms with E-state index in [4.69, 9.17) is 5.73 Å². The highest BCUT2D eigenvalue weighted by molar-refractivity contribution is 5.92. The lowest BCUT2D eigenvalue weighted by molar-refractivity contribution is 0.0691. The SMILES string of the molecule is CC(C)n1cc(-c2nc(C(=O)O)c(N)nc2-c2ccc(F)cc2F)ccc1=O. The number of rotatable bonds is 4. The molecule has 0 aliphatic rings. The molecular formula is C19H16F2N4O3. The number of hydrogen-bond acceptors (Lipinski definition) is 5. The Morgan fingerprint density at radius 2 is 1.86 bits per heavy atom. The Balaban J connectivity index is 2.35. The van der Waals surface area contributed by atoms with Crippen molar-refractivity contribution in [2.45, 2.75) is 19.9 Å². The summed E-state index contributed by atoms with van der Waals surface area (Å²) in [6.45, 7) is 3.59. The van der Waals surface area contributed by atoms with Crippen molar-refractivity contribution in [3.05, 3.63) is 64.2 Å². The third-order valence-electron chi connectivity index (χ3n) is 4.08. The minimum Gasteiger partial charge on any atom is -0.476 e. The van der Waals surface area contributed by atoms with E-state index in [0.717, 1.165) is 12.1 Å². The molecule has 0 bridgehead atoms. The van der Waals surface area contributed by atoms with Crippen molar-refractivity contribution in [3.8, 4) is 22.5 Å².